The molecule has 34 heavy (non-hydrogen) atoms. The molecule has 1 aliphatic rings. The minimum atomic E-state index is -1.69. The number of rotatable bonds is 8. The molecule has 0 N–H and O–H groups in total. The van der Waals surface area contributed by atoms with Crippen LogP contribution in [-0.2, 0) is 25.4 Å². The Morgan fingerprint density at radius 2 is 1.85 bits per heavy atom. The SMILES string of the molecule is COCCOC(=O)C[S+]([O-])c1ccc(C(=O)N2CCN(c3cccc(Cl)c3)C(C)C2C)cc1Cl. The molecule has 1 aliphatic heterocycles. The third-order valence-electron chi connectivity index (χ3n) is 5.89. The number of ether oxygens (including phenoxy) is 2. The second kappa shape index (κ2) is 12.1. The van der Waals surface area contributed by atoms with Gasteiger partial charge >= 0.3 is 5.97 Å². The number of nitrogens with zero attached hydrogens (tertiary/aromatic N) is 2. The van der Waals surface area contributed by atoms with Crippen molar-refractivity contribution in [3.8, 4) is 0 Å². The van der Waals surface area contributed by atoms with E-state index in [1.807, 2.05) is 36.1 Å². The lowest BCUT2D eigenvalue weighted by molar-refractivity contribution is -0.141. The van der Waals surface area contributed by atoms with Gasteiger partial charge in [-0.1, -0.05) is 29.3 Å². The van der Waals surface area contributed by atoms with Crippen molar-refractivity contribution in [3.63, 3.8) is 0 Å². The molecule has 0 aromatic heterocycles. The van der Waals surface area contributed by atoms with Crippen molar-refractivity contribution in [2.24, 2.45) is 0 Å². The molecule has 2 aromatic rings. The Hall–Kier alpha value is -1.97. The lowest BCUT2D eigenvalue weighted by Gasteiger charge is -2.46. The van der Waals surface area contributed by atoms with E-state index in [9.17, 15) is 14.1 Å². The number of hydrogen-bond donors (Lipinski definition) is 0. The van der Waals surface area contributed by atoms with Crippen LogP contribution >= 0.6 is 23.2 Å². The van der Waals surface area contributed by atoms with Gasteiger partial charge in [0.25, 0.3) is 5.91 Å². The zero-order valence-electron chi connectivity index (χ0n) is 19.3. The quantitative estimate of drug-likeness (QED) is 0.293. The first-order chi connectivity index (χ1) is 16.2. The molecule has 0 spiro atoms. The minimum Gasteiger partial charge on any atom is -0.611 e. The average Bonchev–Trinajstić information content (AvgIpc) is 2.80. The molecule has 1 fully saturated rings. The highest BCUT2D eigenvalue weighted by atomic mass is 35.5. The van der Waals surface area contributed by atoms with Gasteiger partial charge < -0.3 is 23.8 Å². The predicted octanol–water partition coefficient (Wildman–Crippen LogP) is 4.03. The lowest BCUT2D eigenvalue weighted by atomic mass is 10.0. The Balaban J connectivity index is 1.67. The molecule has 1 heterocycles. The van der Waals surface area contributed by atoms with Crippen LogP contribution in [0.25, 0.3) is 0 Å². The summed E-state index contributed by atoms with van der Waals surface area (Å²) < 4.78 is 22.3. The van der Waals surface area contributed by atoms with Crippen molar-refractivity contribution in [3.05, 3.63) is 58.1 Å². The first-order valence-corrected chi connectivity index (χ1v) is 13.0. The van der Waals surface area contributed by atoms with Gasteiger partial charge in [-0.2, -0.15) is 0 Å². The number of carbonyl (C=O) groups excluding carboxylic acids is 2. The lowest BCUT2D eigenvalue weighted by Crippen LogP contribution is -2.59. The fourth-order valence-electron chi connectivity index (χ4n) is 3.90. The van der Waals surface area contributed by atoms with Gasteiger partial charge in [0.15, 0.2) is 4.90 Å². The molecular formula is C24H28Cl2N2O5S. The molecule has 3 rings (SSSR count). The standard InChI is InChI=1S/C24H28Cl2N2O5S/c1-16-17(2)28(10-9-27(16)20-6-4-5-19(25)14-20)24(30)18-7-8-22(21(26)13-18)34(31)15-23(29)33-12-11-32-3/h4-8,13-14,16-17H,9-12,15H2,1-3H3. The van der Waals surface area contributed by atoms with E-state index in [0.717, 1.165) is 5.69 Å². The molecule has 184 valence electrons. The molecule has 3 atom stereocenters. The summed E-state index contributed by atoms with van der Waals surface area (Å²) >= 11 is 10.8. The smallest absolute Gasteiger partial charge is 0.356 e. The van der Waals surface area contributed by atoms with Gasteiger partial charge in [0.2, 0.25) is 5.75 Å². The summed E-state index contributed by atoms with van der Waals surface area (Å²) in [6.07, 6.45) is 0. The molecule has 7 nitrogen and oxygen atoms in total. The molecular weight excluding hydrogens is 499 g/mol. The maximum atomic E-state index is 13.3. The van der Waals surface area contributed by atoms with Gasteiger partial charge in [-0.15, -0.1) is 0 Å². The number of halogens is 2. The van der Waals surface area contributed by atoms with Gasteiger partial charge in [0, 0.05) is 48.6 Å². The van der Waals surface area contributed by atoms with Crippen LogP contribution in [0.15, 0.2) is 47.4 Å². The van der Waals surface area contributed by atoms with Crippen LogP contribution in [0.4, 0.5) is 5.69 Å². The number of piperazine rings is 1. The summed E-state index contributed by atoms with van der Waals surface area (Å²) in [5.41, 5.74) is 1.43. The van der Waals surface area contributed by atoms with Crippen LogP contribution in [0.1, 0.15) is 24.2 Å². The molecule has 0 saturated carbocycles. The number of carbonyl (C=O) groups is 2. The highest BCUT2D eigenvalue weighted by molar-refractivity contribution is 7.92. The normalized spacial score (nSPS) is 19.1. The van der Waals surface area contributed by atoms with Crippen molar-refractivity contribution < 1.29 is 23.6 Å². The zero-order valence-corrected chi connectivity index (χ0v) is 21.7. The van der Waals surface area contributed by atoms with E-state index in [0.29, 0.717) is 23.7 Å². The molecule has 0 bridgehead atoms. The van der Waals surface area contributed by atoms with Gasteiger partial charge in [-0.25, -0.2) is 4.79 Å². The maximum absolute atomic E-state index is 13.3. The summed E-state index contributed by atoms with van der Waals surface area (Å²) in [6.45, 7) is 5.65. The second-order valence-corrected chi connectivity index (χ2v) is 10.3. The van der Waals surface area contributed by atoms with Gasteiger partial charge in [0.05, 0.1) is 11.6 Å². The largest absolute Gasteiger partial charge is 0.611 e. The van der Waals surface area contributed by atoms with Crippen molar-refractivity contribution in [2.45, 2.75) is 30.8 Å². The molecule has 0 radical (unpaired) electrons. The van der Waals surface area contributed by atoms with Crippen molar-refractivity contribution in [1.82, 2.24) is 4.90 Å². The van der Waals surface area contributed by atoms with E-state index >= 15 is 0 Å². The average molecular weight is 527 g/mol. The third-order valence-corrected chi connectivity index (χ3v) is 7.89. The van der Waals surface area contributed by atoms with Crippen LogP contribution in [0.3, 0.4) is 0 Å². The Morgan fingerprint density at radius 1 is 1.09 bits per heavy atom. The molecule has 10 heteroatoms. The molecule has 0 aliphatic carbocycles. The van der Waals surface area contributed by atoms with E-state index in [2.05, 4.69) is 11.8 Å². The van der Waals surface area contributed by atoms with Crippen LogP contribution in [0, 0.1) is 0 Å². The summed E-state index contributed by atoms with van der Waals surface area (Å²) in [4.78, 5) is 29.4. The van der Waals surface area contributed by atoms with E-state index in [4.69, 9.17) is 32.7 Å². The molecule has 1 saturated heterocycles. The third kappa shape index (κ3) is 6.37. The Bertz CT molecular complexity index is 1020. The Kier molecular flexibility index (Phi) is 9.50. The summed E-state index contributed by atoms with van der Waals surface area (Å²) in [5.74, 6) is -1.08. The number of benzene rings is 2. The molecule has 1 amide bonds. The number of esters is 1. The number of amides is 1. The van der Waals surface area contributed by atoms with Gasteiger partial charge in [0.1, 0.15) is 6.61 Å². The minimum absolute atomic E-state index is 0.0605. The fourth-order valence-corrected chi connectivity index (χ4v) is 5.47. The van der Waals surface area contributed by atoms with Crippen LogP contribution in [0.2, 0.25) is 10.0 Å². The predicted molar refractivity (Wildman–Crippen MR) is 134 cm³/mol. The van der Waals surface area contributed by atoms with E-state index in [1.165, 1.54) is 19.2 Å². The van der Waals surface area contributed by atoms with Gasteiger partial charge in [-0.05, 0) is 61.4 Å². The monoisotopic (exact) mass is 526 g/mol. The van der Waals surface area contributed by atoms with Crippen LogP contribution in [0.5, 0.6) is 0 Å². The van der Waals surface area contributed by atoms with Crippen molar-refractivity contribution >= 4 is 51.9 Å². The second-order valence-electron chi connectivity index (χ2n) is 8.00. The summed E-state index contributed by atoms with van der Waals surface area (Å²) in [6, 6.07) is 12.3. The Labute approximate surface area is 213 Å². The number of hydrogen-bond acceptors (Lipinski definition) is 6. The van der Waals surface area contributed by atoms with Crippen molar-refractivity contribution in [1.29, 1.82) is 0 Å². The first-order valence-electron chi connectivity index (χ1n) is 10.9. The van der Waals surface area contributed by atoms with Crippen molar-refractivity contribution in [2.75, 3.05) is 44.1 Å². The van der Waals surface area contributed by atoms with Gasteiger partial charge in [-0.3, -0.25) is 4.79 Å². The fraction of sp³-hybridized carbons (Fsp3) is 0.417. The highest BCUT2D eigenvalue weighted by Gasteiger charge is 2.34. The number of methoxy groups -OCH3 is 1. The summed E-state index contributed by atoms with van der Waals surface area (Å²) in [5, 5.41) is 0.846. The summed E-state index contributed by atoms with van der Waals surface area (Å²) in [7, 11) is 1.50. The first kappa shape index (κ1) is 26.6. The maximum Gasteiger partial charge on any atom is 0.356 e. The van der Waals surface area contributed by atoms with Crippen LogP contribution < -0.4 is 4.90 Å². The molecule has 2 aromatic carbocycles. The Morgan fingerprint density at radius 3 is 2.53 bits per heavy atom. The topological polar surface area (TPSA) is 82.1 Å². The zero-order chi connectivity index (χ0) is 24.8. The number of anilines is 1. The molecule has 3 unspecified atom stereocenters. The van der Waals surface area contributed by atoms with E-state index in [-0.39, 0.29) is 46.9 Å². The van der Waals surface area contributed by atoms with E-state index in [1.54, 1.807) is 6.07 Å². The highest BCUT2D eigenvalue weighted by Crippen LogP contribution is 2.29. The van der Waals surface area contributed by atoms with Crippen LogP contribution in [-0.4, -0.2) is 72.6 Å². The van der Waals surface area contributed by atoms with E-state index < -0.39 is 17.1 Å².